The molecule has 0 saturated heterocycles. The van der Waals surface area contributed by atoms with Crippen molar-refractivity contribution in [2.45, 2.75) is 57.4 Å². The fourth-order valence-corrected chi connectivity index (χ4v) is 3.51. The maximum Gasteiger partial charge on any atom is 0.223 e. The molecule has 0 aromatic heterocycles. The molecule has 3 fully saturated rings. The van der Waals surface area contributed by atoms with Crippen LogP contribution in [0.15, 0.2) is 0 Å². The van der Waals surface area contributed by atoms with Crippen molar-refractivity contribution in [2.24, 2.45) is 29.4 Å². The number of carbonyl (C=O) groups is 1. The Kier molecular flexibility index (Phi) is 3.60. The van der Waals surface area contributed by atoms with Crippen molar-refractivity contribution >= 4 is 5.91 Å². The van der Waals surface area contributed by atoms with Crippen LogP contribution >= 0.6 is 0 Å². The summed E-state index contributed by atoms with van der Waals surface area (Å²) in [5.74, 6) is 3.19. The number of nitrogens with one attached hydrogen (secondary N) is 1. The molecule has 102 valence electrons. The van der Waals surface area contributed by atoms with Crippen molar-refractivity contribution in [3.05, 3.63) is 0 Å². The topological polar surface area (TPSA) is 55.1 Å². The summed E-state index contributed by atoms with van der Waals surface area (Å²) in [6.07, 6.45) is 9.61. The van der Waals surface area contributed by atoms with Gasteiger partial charge >= 0.3 is 0 Å². The molecule has 0 aliphatic heterocycles. The zero-order valence-electron chi connectivity index (χ0n) is 11.2. The van der Waals surface area contributed by atoms with Gasteiger partial charge in [0.05, 0.1) is 0 Å². The van der Waals surface area contributed by atoms with Crippen LogP contribution in [-0.2, 0) is 4.79 Å². The van der Waals surface area contributed by atoms with Crippen LogP contribution in [0.2, 0.25) is 0 Å². The maximum atomic E-state index is 12.1. The van der Waals surface area contributed by atoms with Gasteiger partial charge in [0, 0.05) is 18.5 Å². The quantitative estimate of drug-likeness (QED) is 0.784. The van der Waals surface area contributed by atoms with Crippen molar-refractivity contribution in [3.63, 3.8) is 0 Å². The number of hydrogen-bond acceptors (Lipinski definition) is 2. The van der Waals surface area contributed by atoms with E-state index < -0.39 is 0 Å². The summed E-state index contributed by atoms with van der Waals surface area (Å²) in [5, 5.41) is 3.23. The van der Waals surface area contributed by atoms with Crippen molar-refractivity contribution < 1.29 is 4.79 Å². The number of nitrogens with two attached hydrogens (primary N) is 1. The molecule has 0 radical (unpaired) electrons. The first kappa shape index (κ1) is 12.5. The van der Waals surface area contributed by atoms with Gasteiger partial charge in [-0.1, -0.05) is 0 Å². The summed E-state index contributed by atoms with van der Waals surface area (Å²) in [6, 6.07) is 0.333. The Balaban J connectivity index is 1.42. The highest BCUT2D eigenvalue weighted by molar-refractivity contribution is 5.78. The zero-order valence-corrected chi connectivity index (χ0v) is 11.2. The van der Waals surface area contributed by atoms with Gasteiger partial charge in [-0.05, 0) is 69.1 Å². The second-order valence-corrected chi connectivity index (χ2v) is 6.70. The van der Waals surface area contributed by atoms with E-state index in [1.165, 1.54) is 25.7 Å². The first-order valence-electron chi connectivity index (χ1n) is 7.77. The summed E-state index contributed by atoms with van der Waals surface area (Å²) in [5.41, 5.74) is 5.88. The third-order valence-corrected chi connectivity index (χ3v) is 5.11. The lowest BCUT2D eigenvalue weighted by molar-refractivity contribution is -0.126. The van der Waals surface area contributed by atoms with Crippen LogP contribution in [0.25, 0.3) is 0 Å². The first-order valence-corrected chi connectivity index (χ1v) is 7.77. The number of rotatable bonds is 5. The molecule has 3 saturated carbocycles. The molecular formula is C15H26N2O. The minimum Gasteiger partial charge on any atom is -0.356 e. The van der Waals surface area contributed by atoms with Gasteiger partial charge in [-0.2, -0.15) is 0 Å². The summed E-state index contributed by atoms with van der Waals surface area (Å²) in [4.78, 5) is 12.1. The molecule has 0 aromatic rings. The van der Waals surface area contributed by atoms with Crippen molar-refractivity contribution in [3.8, 4) is 0 Å². The lowest BCUT2D eigenvalue weighted by Crippen LogP contribution is -2.38. The monoisotopic (exact) mass is 250 g/mol. The second-order valence-electron chi connectivity index (χ2n) is 6.70. The van der Waals surface area contributed by atoms with E-state index in [9.17, 15) is 4.79 Å². The molecule has 3 aliphatic carbocycles. The lowest BCUT2D eigenvalue weighted by Gasteiger charge is -2.26. The largest absolute Gasteiger partial charge is 0.356 e. The van der Waals surface area contributed by atoms with E-state index in [-0.39, 0.29) is 5.92 Å². The van der Waals surface area contributed by atoms with E-state index in [2.05, 4.69) is 5.32 Å². The van der Waals surface area contributed by atoms with Crippen molar-refractivity contribution in [1.29, 1.82) is 0 Å². The Morgan fingerprint density at radius 2 is 1.56 bits per heavy atom. The third kappa shape index (κ3) is 3.05. The smallest absolute Gasteiger partial charge is 0.223 e. The van der Waals surface area contributed by atoms with Crippen LogP contribution in [0.5, 0.6) is 0 Å². The van der Waals surface area contributed by atoms with Crippen LogP contribution in [0.1, 0.15) is 51.4 Å². The van der Waals surface area contributed by atoms with E-state index >= 15 is 0 Å². The van der Waals surface area contributed by atoms with Crippen LogP contribution in [0.4, 0.5) is 0 Å². The van der Waals surface area contributed by atoms with Gasteiger partial charge in [-0.15, -0.1) is 0 Å². The highest BCUT2D eigenvalue weighted by Gasteiger charge is 2.41. The predicted octanol–water partition coefficient (Wildman–Crippen LogP) is 2.06. The summed E-state index contributed by atoms with van der Waals surface area (Å²) < 4.78 is 0. The van der Waals surface area contributed by atoms with Gasteiger partial charge in [0.25, 0.3) is 0 Å². The Labute approximate surface area is 110 Å². The molecule has 18 heavy (non-hydrogen) atoms. The normalized spacial score (nSPS) is 32.6. The van der Waals surface area contributed by atoms with Crippen LogP contribution in [0.3, 0.4) is 0 Å². The van der Waals surface area contributed by atoms with E-state index in [4.69, 9.17) is 5.73 Å². The molecule has 3 rings (SSSR count). The van der Waals surface area contributed by atoms with Gasteiger partial charge < -0.3 is 11.1 Å². The van der Waals surface area contributed by atoms with Gasteiger partial charge in [-0.3, -0.25) is 4.79 Å². The average molecular weight is 250 g/mol. The second kappa shape index (κ2) is 5.20. The van der Waals surface area contributed by atoms with Crippen LogP contribution in [0, 0.1) is 23.7 Å². The predicted molar refractivity (Wildman–Crippen MR) is 71.9 cm³/mol. The van der Waals surface area contributed by atoms with E-state index in [1.807, 2.05) is 0 Å². The Morgan fingerprint density at radius 3 is 2.06 bits per heavy atom. The molecule has 3 aliphatic rings. The molecule has 0 spiro atoms. The minimum absolute atomic E-state index is 0.240. The third-order valence-electron chi connectivity index (χ3n) is 5.11. The molecule has 3 N–H and O–H groups in total. The average Bonchev–Trinajstić information content (AvgIpc) is 3.24. The molecule has 3 nitrogen and oxygen atoms in total. The standard InChI is InChI=1S/C15H26N2O/c16-13-7-5-12(6-8-13)15(18)17-9-14(10-1-2-10)11-3-4-11/h10-14H,1-9,16H2,(H,17,18). The Bertz CT molecular complexity index is 290. The molecule has 0 aromatic carbocycles. The van der Waals surface area contributed by atoms with Gasteiger partial charge in [-0.25, -0.2) is 0 Å². The highest BCUT2D eigenvalue weighted by Crippen LogP contribution is 2.48. The molecule has 3 heteroatoms. The van der Waals surface area contributed by atoms with Gasteiger partial charge in [0.15, 0.2) is 0 Å². The van der Waals surface area contributed by atoms with Gasteiger partial charge in [0.2, 0.25) is 5.91 Å². The van der Waals surface area contributed by atoms with Crippen LogP contribution in [-0.4, -0.2) is 18.5 Å². The summed E-state index contributed by atoms with van der Waals surface area (Å²) >= 11 is 0. The SMILES string of the molecule is NC1CCC(C(=O)NCC(C2CC2)C2CC2)CC1. The summed E-state index contributed by atoms with van der Waals surface area (Å²) in [6.45, 7) is 0.941. The molecule has 1 amide bonds. The fraction of sp³-hybridized carbons (Fsp3) is 0.933. The van der Waals surface area contributed by atoms with Crippen LogP contribution < -0.4 is 11.1 Å². The van der Waals surface area contributed by atoms with Crippen molar-refractivity contribution in [1.82, 2.24) is 5.32 Å². The number of amides is 1. The first-order chi connectivity index (χ1) is 8.74. The molecule has 0 unspecified atom stereocenters. The van der Waals surface area contributed by atoms with Gasteiger partial charge in [0.1, 0.15) is 0 Å². The Hall–Kier alpha value is -0.570. The lowest BCUT2D eigenvalue weighted by atomic mass is 9.85. The van der Waals surface area contributed by atoms with E-state index in [0.717, 1.165) is 50.0 Å². The minimum atomic E-state index is 0.240. The summed E-state index contributed by atoms with van der Waals surface area (Å²) in [7, 11) is 0. The maximum absolute atomic E-state index is 12.1. The zero-order chi connectivity index (χ0) is 12.5. The fourth-order valence-electron chi connectivity index (χ4n) is 3.51. The molecule has 0 bridgehead atoms. The number of carbonyl (C=O) groups excluding carboxylic acids is 1. The highest BCUT2D eigenvalue weighted by atomic mass is 16.1. The van der Waals surface area contributed by atoms with Crippen molar-refractivity contribution in [2.75, 3.05) is 6.54 Å². The molecular weight excluding hydrogens is 224 g/mol. The van der Waals surface area contributed by atoms with E-state index in [0.29, 0.717) is 11.9 Å². The van der Waals surface area contributed by atoms with E-state index in [1.54, 1.807) is 0 Å². The Morgan fingerprint density at radius 1 is 1.00 bits per heavy atom. The molecule has 0 heterocycles. The molecule has 0 atom stereocenters. The number of hydrogen-bond donors (Lipinski definition) is 2.